The lowest BCUT2D eigenvalue weighted by Crippen LogP contribution is -2.25. The Morgan fingerprint density at radius 3 is 2.70 bits per heavy atom. The van der Waals surface area contributed by atoms with Crippen molar-refractivity contribution in [2.24, 2.45) is 5.92 Å². The summed E-state index contributed by atoms with van der Waals surface area (Å²) in [7, 11) is 4.11. The van der Waals surface area contributed by atoms with E-state index in [4.69, 9.17) is 0 Å². The molecular weight excluding hydrogens is 248 g/mol. The van der Waals surface area contributed by atoms with Crippen molar-refractivity contribution >= 4 is 5.91 Å². The number of hydrogen-bond donors (Lipinski definition) is 1. The summed E-state index contributed by atoms with van der Waals surface area (Å²) in [6, 6.07) is 8.30. The minimum absolute atomic E-state index is 0.154. The van der Waals surface area contributed by atoms with Crippen molar-refractivity contribution in [3.05, 3.63) is 47.5 Å². The highest BCUT2D eigenvalue weighted by molar-refractivity contribution is 5.76. The zero-order chi connectivity index (χ0) is 14.4. The van der Waals surface area contributed by atoms with Crippen LogP contribution in [-0.2, 0) is 17.9 Å². The van der Waals surface area contributed by atoms with Crippen LogP contribution >= 0.6 is 0 Å². The molecule has 0 fully saturated rings. The van der Waals surface area contributed by atoms with E-state index in [9.17, 15) is 4.79 Å². The Morgan fingerprint density at radius 1 is 1.30 bits per heavy atom. The maximum Gasteiger partial charge on any atom is 0.220 e. The van der Waals surface area contributed by atoms with Crippen LogP contribution in [0.1, 0.15) is 30.4 Å². The first-order chi connectivity index (χ1) is 9.65. The third-order valence-corrected chi connectivity index (χ3v) is 3.64. The molecule has 0 radical (unpaired) electrons. The van der Waals surface area contributed by atoms with Gasteiger partial charge in [0.05, 0.1) is 0 Å². The van der Waals surface area contributed by atoms with Gasteiger partial charge in [0.25, 0.3) is 0 Å². The maximum absolute atomic E-state index is 12.0. The molecule has 1 aromatic carbocycles. The molecular formula is C17H24N2O. The van der Waals surface area contributed by atoms with Crippen LogP contribution in [0.3, 0.4) is 0 Å². The van der Waals surface area contributed by atoms with E-state index < -0.39 is 0 Å². The van der Waals surface area contributed by atoms with E-state index >= 15 is 0 Å². The van der Waals surface area contributed by atoms with Gasteiger partial charge in [0.1, 0.15) is 0 Å². The minimum Gasteiger partial charge on any atom is -0.352 e. The fourth-order valence-corrected chi connectivity index (χ4v) is 2.59. The second-order valence-corrected chi connectivity index (χ2v) is 5.75. The lowest BCUT2D eigenvalue weighted by molar-refractivity contribution is -0.121. The summed E-state index contributed by atoms with van der Waals surface area (Å²) < 4.78 is 0. The molecule has 1 aliphatic rings. The fraction of sp³-hybridized carbons (Fsp3) is 0.471. The number of nitrogens with zero attached hydrogens (tertiary/aromatic N) is 1. The second-order valence-electron chi connectivity index (χ2n) is 5.75. The number of benzene rings is 1. The average molecular weight is 272 g/mol. The maximum atomic E-state index is 12.0. The number of carbonyl (C=O) groups is 1. The van der Waals surface area contributed by atoms with Gasteiger partial charge in [0.15, 0.2) is 0 Å². The third-order valence-electron chi connectivity index (χ3n) is 3.64. The van der Waals surface area contributed by atoms with E-state index in [1.165, 1.54) is 11.1 Å². The van der Waals surface area contributed by atoms with Gasteiger partial charge in [-0.2, -0.15) is 0 Å². The number of nitrogens with one attached hydrogen (secondary N) is 1. The molecule has 2 rings (SSSR count). The van der Waals surface area contributed by atoms with Crippen LogP contribution in [0.25, 0.3) is 0 Å². The highest BCUT2D eigenvalue weighted by atomic mass is 16.1. The van der Waals surface area contributed by atoms with Gasteiger partial charge < -0.3 is 10.2 Å². The van der Waals surface area contributed by atoms with Gasteiger partial charge >= 0.3 is 0 Å². The summed E-state index contributed by atoms with van der Waals surface area (Å²) in [6.07, 6.45) is 7.19. The molecule has 0 saturated heterocycles. The molecule has 1 amide bonds. The van der Waals surface area contributed by atoms with Crippen molar-refractivity contribution in [2.75, 3.05) is 14.1 Å². The van der Waals surface area contributed by atoms with E-state index in [2.05, 4.69) is 48.6 Å². The van der Waals surface area contributed by atoms with Crippen molar-refractivity contribution in [1.82, 2.24) is 10.2 Å². The molecule has 0 spiro atoms. The molecule has 1 N–H and O–H groups in total. The number of rotatable bonds is 6. The summed E-state index contributed by atoms with van der Waals surface area (Å²) >= 11 is 0. The second kappa shape index (κ2) is 7.25. The largest absolute Gasteiger partial charge is 0.352 e. The Morgan fingerprint density at radius 2 is 2.05 bits per heavy atom. The van der Waals surface area contributed by atoms with Gasteiger partial charge in [-0.15, -0.1) is 0 Å². The van der Waals surface area contributed by atoms with E-state index in [0.29, 0.717) is 18.9 Å². The van der Waals surface area contributed by atoms with Gasteiger partial charge in [-0.1, -0.05) is 36.4 Å². The van der Waals surface area contributed by atoms with Crippen LogP contribution in [0.5, 0.6) is 0 Å². The lowest BCUT2D eigenvalue weighted by Gasteiger charge is -2.15. The van der Waals surface area contributed by atoms with Crippen LogP contribution in [0, 0.1) is 5.92 Å². The van der Waals surface area contributed by atoms with Crippen LogP contribution in [0.4, 0.5) is 0 Å². The standard InChI is InChI=1S/C17H24N2O/c1-19(2)13-16-10-6-5-9-15(16)12-18-17(20)11-14-7-3-4-8-14/h3,5-7,9-10,14H,4,8,11-13H2,1-2H3,(H,18,20)/t14-/m0/s1. The monoisotopic (exact) mass is 272 g/mol. The van der Waals surface area contributed by atoms with Crippen molar-refractivity contribution in [1.29, 1.82) is 0 Å². The zero-order valence-electron chi connectivity index (χ0n) is 12.4. The molecule has 0 unspecified atom stereocenters. The average Bonchev–Trinajstić information content (AvgIpc) is 2.90. The Bertz CT molecular complexity index is 480. The molecule has 20 heavy (non-hydrogen) atoms. The van der Waals surface area contributed by atoms with Crippen molar-refractivity contribution in [3.63, 3.8) is 0 Å². The molecule has 108 valence electrons. The molecule has 0 bridgehead atoms. The molecule has 1 aliphatic carbocycles. The first-order valence-electron chi connectivity index (χ1n) is 7.30. The predicted octanol–water partition coefficient (Wildman–Crippen LogP) is 2.72. The highest BCUT2D eigenvalue weighted by Gasteiger charge is 2.14. The molecule has 0 saturated carbocycles. The van der Waals surface area contributed by atoms with E-state index in [1.807, 2.05) is 12.1 Å². The lowest BCUT2D eigenvalue weighted by atomic mass is 10.0. The van der Waals surface area contributed by atoms with E-state index in [0.717, 1.165) is 19.4 Å². The molecule has 0 heterocycles. The molecule has 3 nitrogen and oxygen atoms in total. The summed E-state index contributed by atoms with van der Waals surface area (Å²) in [5.74, 6) is 0.591. The Hall–Kier alpha value is -1.61. The molecule has 1 atom stereocenters. The topological polar surface area (TPSA) is 32.3 Å². The summed E-state index contributed by atoms with van der Waals surface area (Å²) in [5.41, 5.74) is 2.48. The number of allylic oxidation sites excluding steroid dienone is 2. The smallest absolute Gasteiger partial charge is 0.220 e. The summed E-state index contributed by atoms with van der Waals surface area (Å²) in [5, 5.41) is 3.05. The normalized spacial score (nSPS) is 17.6. The van der Waals surface area contributed by atoms with E-state index in [-0.39, 0.29) is 5.91 Å². The van der Waals surface area contributed by atoms with Crippen LogP contribution in [0.2, 0.25) is 0 Å². The molecule has 0 aliphatic heterocycles. The van der Waals surface area contributed by atoms with Gasteiger partial charge in [0, 0.05) is 19.5 Å². The van der Waals surface area contributed by atoms with Gasteiger partial charge in [-0.05, 0) is 44.0 Å². The van der Waals surface area contributed by atoms with Crippen LogP contribution in [-0.4, -0.2) is 24.9 Å². The first-order valence-corrected chi connectivity index (χ1v) is 7.30. The van der Waals surface area contributed by atoms with Gasteiger partial charge in [-0.25, -0.2) is 0 Å². The minimum atomic E-state index is 0.154. The first kappa shape index (κ1) is 14.8. The quantitative estimate of drug-likeness (QED) is 0.808. The predicted molar refractivity (Wildman–Crippen MR) is 82.2 cm³/mol. The van der Waals surface area contributed by atoms with Gasteiger partial charge in [-0.3, -0.25) is 4.79 Å². The summed E-state index contributed by atoms with van der Waals surface area (Å²) in [6.45, 7) is 1.52. The zero-order valence-corrected chi connectivity index (χ0v) is 12.4. The van der Waals surface area contributed by atoms with Crippen LogP contribution in [0.15, 0.2) is 36.4 Å². The molecule has 1 aromatic rings. The van der Waals surface area contributed by atoms with Crippen molar-refractivity contribution < 1.29 is 4.79 Å². The van der Waals surface area contributed by atoms with Crippen molar-refractivity contribution in [2.45, 2.75) is 32.4 Å². The fourth-order valence-electron chi connectivity index (χ4n) is 2.59. The third kappa shape index (κ3) is 4.49. The Kier molecular flexibility index (Phi) is 5.36. The Labute approximate surface area is 121 Å². The highest BCUT2D eigenvalue weighted by Crippen LogP contribution is 2.20. The molecule has 0 aromatic heterocycles. The Balaban J connectivity index is 1.86. The van der Waals surface area contributed by atoms with Crippen LogP contribution < -0.4 is 5.32 Å². The van der Waals surface area contributed by atoms with Crippen molar-refractivity contribution in [3.8, 4) is 0 Å². The summed E-state index contributed by atoms with van der Waals surface area (Å²) in [4.78, 5) is 14.1. The number of hydrogen-bond acceptors (Lipinski definition) is 2. The van der Waals surface area contributed by atoms with Gasteiger partial charge in [0.2, 0.25) is 5.91 Å². The number of amides is 1. The SMILES string of the molecule is CN(C)Cc1ccccc1CNC(=O)C[C@H]1C=CCC1. The number of carbonyl (C=O) groups excluding carboxylic acids is 1. The van der Waals surface area contributed by atoms with E-state index in [1.54, 1.807) is 0 Å². The molecule has 3 heteroatoms.